The molecule has 1 saturated carbocycles. The van der Waals surface area contributed by atoms with Crippen molar-refractivity contribution >= 4 is 10.2 Å². The molecule has 16 heavy (non-hydrogen) atoms. The largest absolute Gasteiger partial charge is 0.330 e. The molecule has 2 fully saturated rings. The van der Waals surface area contributed by atoms with Crippen molar-refractivity contribution < 1.29 is 8.42 Å². The average Bonchev–Trinajstić information content (AvgIpc) is 3.10. The summed E-state index contributed by atoms with van der Waals surface area (Å²) >= 11 is 0. The van der Waals surface area contributed by atoms with E-state index >= 15 is 0 Å². The van der Waals surface area contributed by atoms with Crippen molar-refractivity contribution in [1.82, 2.24) is 9.03 Å². The zero-order valence-corrected chi connectivity index (χ0v) is 10.4. The molecule has 0 radical (unpaired) electrons. The standard InChI is InChI=1S/C10H21N3O2S/c11-6-10-2-1-5-13(8-10)16(14,15)12-7-9-3-4-9/h9-10,12H,1-8,11H2. The molecular formula is C10H21N3O2S. The molecule has 1 saturated heterocycles. The summed E-state index contributed by atoms with van der Waals surface area (Å²) in [7, 11) is -3.25. The predicted molar refractivity (Wildman–Crippen MR) is 63.0 cm³/mol. The van der Waals surface area contributed by atoms with Gasteiger partial charge in [0.25, 0.3) is 10.2 Å². The van der Waals surface area contributed by atoms with Gasteiger partial charge in [-0.1, -0.05) is 0 Å². The summed E-state index contributed by atoms with van der Waals surface area (Å²) in [5, 5.41) is 0. The number of hydrogen-bond donors (Lipinski definition) is 2. The normalized spacial score (nSPS) is 28.2. The Morgan fingerprint density at radius 1 is 1.25 bits per heavy atom. The van der Waals surface area contributed by atoms with Crippen molar-refractivity contribution in [1.29, 1.82) is 0 Å². The van der Waals surface area contributed by atoms with Crippen molar-refractivity contribution in [2.75, 3.05) is 26.2 Å². The van der Waals surface area contributed by atoms with Crippen molar-refractivity contribution in [3.63, 3.8) is 0 Å². The van der Waals surface area contributed by atoms with Crippen LogP contribution in [0, 0.1) is 11.8 Å². The Labute approximate surface area is 97.6 Å². The van der Waals surface area contributed by atoms with Crippen LogP contribution in [0.1, 0.15) is 25.7 Å². The molecule has 2 aliphatic rings. The lowest BCUT2D eigenvalue weighted by atomic mass is 10.0. The minimum absolute atomic E-state index is 0.325. The van der Waals surface area contributed by atoms with Crippen LogP contribution in [0.25, 0.3) is 0 Å². The fraction of sp³-hybridized carbons (Fsp3) is 1.00. The second kappa shape index (κ2) is 5.00. The zero-order valence-electron chi connectivity index (χ0n) is 9.56. The Hall–Kier alpha value is -0.170. The first-order chi connectivity index (χ1) is 7.62. The molecule has 1 aliphatic heterocycles. The van der Waals surface area contributed by atoms with Gasteiger partial charge in [0, 0.05) is 19.6 Å². The van der Waals surface area contributed by atoms with E-state index in [4.69, 9.17) is 5.73 Å². The Kier molecular flexibility index (Phi) is 3.84. The SMILES string of the molecule is NCC1CCCN(S(=O)(=O)NCC2CC2)C1. The van der Waals surface area contributed by atoms with Gasteiger partial charge in [-0.15, -0.1) is 0 Å². The van der Waals surface area contributed by atoms with E-state index in [0.29, 0.717) is 38.0 Å². The Balaban J connectivity index is 1.87. The maximum Gasteiger partial charge on any atom is 0.279 e. The number of nitrogens with one attached hydrogen (secondary N) is 1. The molecule has 1 atom stereocenters. The van der Waals surface area contributed by atoms with E-state index in [0.717, 1.165) is 25.7 Å². The summed E-state index contributed by atoms with van der Waals surface area (Å²) in [6.07, 6.45) is 4.29. The van der Waals surface area contributed by atoms with E-state index in [2.05, 4.69) is 4.72 Å². The first-order valence-corrected chi connectivity index (χ1v) is 7.50. The highest BCUT2D eigenvalue weighted by molar-refractivity contribution is 7.87. The van der Waals surface area contributed by atoms with E-state index in [1.54, 1.807) is 4.31 Å². The van der Waals surface area contributed by atoms with E-state index in [1.165, 1.54) is 0 Å². The number of nitrogens with two attached hydrogens (primary N) is 1. The maximum absolute atomic E-state index is 12.0. The van der Waals surface area contributed by atoms with E-state index in [1.807, 2.05) is 0 Å². The fourth-order valence-corrected chi connectivity index (χ4v) is 3.48. The zero-order chi connectivity index (χ0) is 11.6. The van der Waals surface area contributed by atoms with Crippen LogP contribution in [0.3, 0.4) is 0 Å². The van der Waals surface area contributed by atoms with Gasteiger partial charge < -0.3 is 5.73 Å². The van der Waals surface area contributed by atoms with Crippen LogP contribution in [0.15, 0.2) is 0 Å². The molecule has 6 heteroatoms. The van der Waals surface area contributed by atoms with Crippen LogP contribution < -0.4 is 10.5 Å². The summed E-state index contributed by atoms with van der Waals surface area (Å²) < 4.78 is 28.2. The third-order valence-corrected chi connectivity index (χ3v) is 4.95. The summed E-state index contributed by atoms with van der Waals surface area (Å²) in [4.78, 5) is 0. The Bertz CT molecular complexity index is 327. The second-order valence-corrected chi connectivity index (χ2v) is 6.65. The molecule has 0 amide bonds. The van der Waals surface area contributed by atoms with Crippen molar-refractivity contribution in [3.05, 3.63) is 0 Å². The second-order valence-electron chi connectivity index (χ2n) is 4.90. The topological polar surface area (TPSA) is 75.4 Å². The molecule has 0 spiro atoms. The van der Waals surface area contributed by atoms with Gasteiger partial charge in [0.1, 0.15) is 0 Å². The lowest BCUT2D eigenvalue weighted by molar-refractivity contribution is 0.268. The summed E-state index contributed by atoms with van der Waals surface area (Å²) in [6, 6.07) is 0. The highest BCUT2D eigenvalue weighted by Crippen LogP contribution is 2.28. The van der Waals surface area contributed by atoms with Crippen LogP contribution >= 0.6 is 0 Å². The van der Waals surface area contributed by atoms with Gasteiger partial charge in [-0.3, -0.25) is 0 Å². The van der Waals surface area contributed by atoms with Crippen LogP contribution in [-0.4, -0.2) is 38.9 Å². The molecule has 1 aliphatic carbocycles. The molecule has 0 aromatic heterocycles. The Morgan fingerprint density at radius 3 is 2.62 bits per heavy atom. The van der Waals surface area contributed by atoms with Gasteiger partial charge in [-0.05, 0) is 44.1 Å². The molecule has 0 bridgehead atoms. The molecule has 0 aromatic carbocycles. The molecule has 94 valence electrons. The Morgan fingerprint density at radius 2 is 2.00 bits per heavy atom. The highest BCUT2D eigenvalue weighted by Gasteiger charge is 2.30. The number of rotatable bonds is 5. The van der Waals surface area contributed by atoms with Gasteiger partial charge in [0.2, 0.25) is 0 Å². The van der Waals surface area contributed by atoms with Gasteiger partial charge in [0.05, 0.1) is 0 Å². The summed E-state index contributed by atoms with van der Waals surface area (Å²) in [5.74, 6) is 0.899. The first kappa shape index (κ1) is 12.3. The third kappa shape index (κ3) is 3.16. The maximum atomic E-state index is 12.0. The van der Waals surface area contributed by atoms with Crippen LogP contribution in [0.4, 0.5) is 0 Å². The lowest BCUT2D eigenvalue weighted by Crippen LogP contribution is -2.47. The average molecular weight is 247 g/mol. The highest BCUT2D eigenvalue weighted by atomic mass is 32.2. The summed E-state index contributed by atoms with van der Waals surface area (Å²) in [5.41, 5.74) is 5.60. The van der Waals surface area contributed by atoms with E-state index in [-0.39, 0.29) is 0 Å². The quantitative estimate of drug-likeness (QED) is 0.712. The number of piperidine rings is 1. The van der Waals surface area contributed by atoms with Gasteiger partial charge >= 0.3 is 0 Å². The smallest absolute Gasteiger partial charge is 0.279 e. The lowest BCUT2D eigenvalue weighted by Gasteiger charge is -2.31. The molecule has 1 heterocycles. The van der Waals surface area contributed by atoms with E-state index < -0.39 is 10.2 Å². The van der Waals surface area contributed by atoms with Crippen LogP contribution in [-0.2, 0) is 10.2 Å². The fourth-order valence-electron chi connectivity index (χ4n) is 2.07. The van der Waals surface area contributed by atoms with Gasteiger partial charge in [0.15, 0.2) is 0 Å². The van der Waals surface area contributed by atoms with Crippen LogP contribution in [0.5, 0.6) is 0 Å². The minimum Gasteiger partial charge on any atom is -0.330 e. The molecule has 5 nitrogen and oxygen atoms in total. The van der Waals surface area contributed by atoms with E-state index in [9.17, 15) is 8.42 Å². The van der Waals surface area contributed by atoms with Gasteiger partial charge in [-0.2, -0.15) is 12.7 Å². The third-order valence-electron chi connectivity index (χ3n) is 3.41. The first-order valence-electron chi connectivity index (χ1n) is 6.06. The predicted octanol–water partition coefficient (Wildman–Crippen LogP) is -0.0985. The minimum atomic E-state index is -3.25. The monoisotopic (exact) mass is 247 g/mol. The number of nitrogens with zero attached hydrogens (tertiary/aromatic N) is 1. The van der Waals surface area contributed by atoms with Gasteiger partial charge in [-0.25, -0.2) is 4.72 Å². The molecular weight excluding hydrogens is 226 g/mol. The summed E-state index contributed by atoms with van der Waals surface area (Å²) in [6.45, 7) is 2.40. The van der Waals surface area contributed by atoms with Crippen LogP contribution in [0.2, 0.25) is 0 Å². The van der Waals surface area contributed by atoms with Crippen molar-refractivity contribution in [2.24, 2.45) is 17.6 Å². The molecule has 1 unspecified atom stereocenters. The molecule has 0 aromatic rings. The van der Waals surface area contributed by atoms with Crippen molar-refractivity contribution in [2.45, 2.75) is 25.7 Å². The number of hydrogen-bond acceptors (Lipinski definition) is 3. The van der Waals surface area contributed by atoms with Crippen molar-refractivity contribution in [3.8, 4) is 0 Å². The molecule has 3 N–H and O–H groups in total. The molecule has 2 rings (SSSR count).